The molecule has 0 saturated heterocycles. The zero-order valence-electron chi connectivity index (χ0n) is 5.91. The molecule has 0 fully saturated rings. The van der Waals surface area contributed by atoms with Crippen LogP contribution in [0.3, 0.4) is 0 Å². The summed E-state index contributed by atoms with van der Waals surface area (Å²) in [6.07, 6.45) is 6.16. The Kier molecular flexibility index (Phi) is 8.48. The van der Waals surface area contributed by atoms with Gasteiger partial charge in [-0.25, -0.2) is 0 Å². The Balaban J connectivity index is 2.60. The Hall–Kier alpha value is 0.250. The van der Waals surface area contributed by atoms with Gasteiger partial charge in [0.2, 0.25) is 0 Å². The van der Waals surface area contributed by atoms with Crippen LogP contribution in [0.15, 0.2) is 0 Å². The fourth-order valence-electron chi connectivity index (χ4n) is 0.769. The molecule has 0 amide bonds. The molecule has 0 atom stereocenters. The molecule has 2 heteroatoms. The maximum Gasteiger partial charge on any atom is 0.0223 e. The van der Waals surface area contributed by atoms with Crippen LogP contribution >= 0.6 is 11.6 Å². The lowest BCUT2D eigenvalue weighted by Crippen LogP contribution is -1.97. The number of hydrogen-bond donors (Lipinski definition) is 1. The minimum absolute atomic E-state index is 0.808. The molecule has 0 bridgehead atoms. The van der Waals surface area contributed by atoms with Crippen molar-refractivity contribution in [3.05, 3.63) is 0 Å². The third-order valence-electron chi connectivity index (χ3n) is 1.34. The molecule has 0 aliphatic rings. The van der Waals surface area contributed by atoms with Crippen LogP contribution in [0.5, 0.6) is 0 Å². The summed E-state index contributed by atoms with van der Waals surface area (Å²) in [4.78, 5) is 0. The van der Waals surface area contributed by atoms with Crippen LogP contribution in [0, 0.1) is 0 Å². The molecule has 0 aliphatic carbocycles. The van der Waals surface area contributed by atoms with Gasteiger partial charge in [-0.2, -0.15) is 0 Å². The number of hydrogen-bond acceptors (Lipinski definition) is 1. The van der Waals surface area contributed by atoms with Crippen molar-refractivity contribution in [2.24, 2.45) is 5.73 Å². The predicted molar refractivity (Wildman–Crippen MR) is 42.9 cm³/mol. The quantitative estimate of drug-likeness (QED) is 0.455. The van der Waals surface area contributed by atoms with E-state index in [0.717, 1.165) is 18.8 Å². The van der Waals surface area contributed by atoms with Crippen LogP contribution < -0.4 is 5.73 Å². The Morgan fingerprint density at radius 2 is 1.44 bits per heavy atom. The van der Waals surface area contributed by atoms with Gasteiger partial charge in [0.25, 0.3) is 0 Å². The van der Waals surface area contributed by atoms with Crippen molar-refractivity contribution < 1.29 is 0 Å². The molecule has 9 heavy (non-hydrogen) atoms. The molecule has 56 valence electrons. The van der Waals surface area contributed by atoms with Crippen molar-refractivity contribution in [2.75, 3.05) is 12.4 Å². The molecule has 0 aliphatic heterocycles. The summed E-state index contributed by atoms with van der Waals surface area (Å²) in [7, 11) is 0. The van der Waals surface area contributed by atoms with Crippen molar-refractivity contribution in [1.29, 1.82) is 0 Å². The van der Waals surface area contributed by atoms with E-state index >= 15 is 0 Å². The minimum atomic E-state index is 0.808. The first kappa shape index (κ1) is 9.25. The van der Waals surface area contributed by atoms with E-state index in [1.165, 1.54) is 25.7 Å². The first-order valence-electron chi connectivity index (χ1n) is 3.68. The number of rotatable bonds is 6. The van der Waals surface area contributed by atoms with Crippen molar-refractivity contribution in [2.45, 2.75) is 32.1 Å². The summed E-state index contributed by atoms with van der Waals surface area (Å²) in [6.45, 7) is 0.834. The molecular formula is C7H16ClN. The summed E-state index contributed by atoms with van der Waals surface area (Å²) >= 11 is 5.49. The molecule has 0 spiro atoms. The van der Waals surface area contributed by atoms with Gasteiger partial charge in [0, 0.05) is 5.88 Å². The van der Waals surface area contributed by atoms with Crippen molar-refractivity contribution in [1.82, 2.24) is 0 Å². The molecule has 0 rings (SSSR count). The Morgan fingerprint density at radius 3 is 2.00 bits per heavy atom. The van der Waals surface area contributed by atoms with E-state index in [-0.39, 0.29) is 0 Å². The Labute approximate surface area is 62.6 Å². The molecular weight excluding hydrogens is 134 g/mol. The van der Waals surface area contributed by atoms with Crippen molar-refractivity contribution >= 4 is 11.6 Å². The standard InChI is InChI=1S/C7H16ClN/c8-6-4-2-1-3-5-7-9/h1-7,9H2. The highest BCUT2D eigenvalue weighted by Gasteiger charge is 1.86. The zero-order valence-corrected chi connectivity index (χ0v) is 6.66. The van der Waals surface area contributed by atoms with Gasteiger partial charge >= 0.3 is 0 Å². The van der Waals surface area contributed by atoms with Crippen LogP contribution in [0.1, 0.15) is 32.1 Å². The highest BCUT2D eigenvalue weighted by atomic mass is 35.5. The van der Waals surface area contributed by atoms with Gasteiger partial charge in [0.1, 0.15) is 0 Å². The monoisotopic (exact) mass is 149 g/mol. The predicted octanol–water partition coefficient (Wildman–Crippen LogP) is 2.13. The summed E-state index contributed by atoms with van der Waals surface area (Å²) in [5.41, 5.74) is 5.32. The van der Waals surface area contributed by atoms with E-state index in [9.17, 15) is 0 Å². The lowest BCUT2D eigenvalue weighted by molar-refractivity contribution is 0.640. The third kappa shape index (κ3) is 8.25. The highest BCUT2D eigenvalue weighted by Crippen LogP contribution is 2.02. The second-order valence-corrected chi connectivity index (χ2v) is 2.62. The zero-order chi connectivity index (χ0) is 6.95. The average molecular weight is 150 g/mol. The fourth-order valence-corrected chi connectivity index (χ4v) is 0.958. The van der Waals surface area contributed by atoms with E-state index in [0.29, 0.717) is 0 Å². The molecule has 0 aromatic rings. The number of nitrogens with two attached hydrogens (primary N) is 1. The summed E-state index contributed by atoms with van der Waals surface area (Å²) in [6, 6.07) is 0. The minimum Gasteiger partial charge on any atom is -0.330 e. The third-order valence-corrected chi connectivity index (χ3v) is 1.61. The topological polar surface area (TPSA) is 26.0 Å². The normalized spacial score (nSPS) is 10.0. The maximum absolute atomic E-state index is 5.49. The van der Waals surface area contributed by atoms with Gasteiger partial charge in [-0.15, -0.1) is 11.6 Å². The van der Waals surface area contributed by atoms with E-state index in [1.54, 1.807) is 0 Å². The van der Waals surface area contributed by atoms with E-state index in [4.69, 9.17) is 17.3 Å². The van der Waals surface area contributed by atoms with E-state index in [2.05, 4.69) is 0 Å². The largest absolute Gasteiger partial charge is 0.330 e. The van der Waals surface area contributed by atoms with E-state index in [1.807, 2.05) is 0 Å². The average Bonchev–Trinajstić information content (AvgIpc) is 1.89. The van der Waals surface area contributed by atoms with Gasteiger partial charge in [-0.3, -0.25) is 0 Å². The van der Waals surface area contributed by atoms with Gasteiger partial charge in [0.15, 0.2) is 0 Å². The first-order valence-corrected chi connectivity index (χ1v) is 4.21. The molecule has 0 unspecified atom stereocenters. The van der Waals surface area contributed by atoms with Crippen molar-refractivity contribution in [3.8, 4) is 0 Å². The molecule has 0 radical (unpaired) electrons. The molecule has 0 aromatic carbocycles. The van der Waals surface area contributed by atoms with Gasteiger partial charge in [0.05, 0.1) is 0 Å². The van der Waals surface area contributed by atoms with Gasteiger partial charge in [-0.1, -0.05) is 19.3 Å². The van der Waals surface area contributed by atoms with Crippen LogP contribution in [0.2, 0.25) is 0 Å². The SMILES string of the molecule is NCCCCCCCCl. The second kappa shape index (κ2) is 8.25. The number of halogens is 1. The van der Waals surface area contributed by atoms with Gasteiger partial charge < -0.3 is 5.73 Å². The second-order valence-electron chi connectivity index (χ2n) is 2.25. The number of unbranched alkanes of at least 4 members (excludes halogenated alkanes) is 4. The highest BCUT2D eigenvalue weighted by molar-refractivity contribution is 6.17. The van der Waals surface area contributed by atoms with Crippen LogP contribution in [-0.4, -0.2) is 12.4 Å². The summed E-state index contributed by atoms with van der Waals surface area (Å²) in [5, 5.41) is 0. The molecule has 0 aromatic heterocycles. The van der Waals surface area contributed by atoms with Gasteiger partial charge in [-0.05, 0) is 19.4 Å². The Bertz CT molecular complexity index is 42.2. The first-order chi connectivity index (χ1) is 4.41. The fraction of sp³-hybridized carbons (Fsp3) is 1.00. The van der Waals surface area contributed by atoms with Crippen LogP contribution in [0.4, 0.5) is 0 Å². The maximum atomic E-state index is 5.49. The smallest absolute Gasteiger partial charge is 0.0223 e. The number of alkyl halides is 1. The van der Waals surface area contributed by atoms with Crippen LogP contribution in [0.25, 0.3) is 0 Å². The summed E-state index contributed by atoms with van der Waals surface area (Å²) in [5.74, 6) is 0.808. The molecule has 2 N–H and O–H groups in total. The molecule has 1 nitrogen and oxygen atoms in total. The Morgan fingerprint density at radius 1 is 0.889 bits per heavy atom. The van der Waals surface area contributed by atoms with E-state index < -0.39 is 0 Å². The van der Waals surface area contributed by atoms with Crippen LogP contribution in [-0.2, 0) is 0 Å². The molecule has 0 saturated carbocycles. The molecule has 0 heterocycles. The lowest BCUT2D eigenvalue weighted by atomic mass is 10.2. The lowest BCUT2D eigenvalue weighted by Gasteiger charge is -1.95. The van der Waals surface area contributed by atoms with Crippen molar-refractivity contribution in [3.63, 3.8) is 0 Å². The summed E-state index contributed by atoms with van der Waals surface area (Å²) < 4.78 is 0.